The van der Waals surface area contributed by atoms with E-state index in [9.17, 15) is 18.0 Å². The van der Waals surface area contributed by atoms with Crippen LogP contribution in [0.15, 0.2) is 48.5 Å². The van der Waals surface area contributed by atoms with Gasteiger partial charge in [-0.25, -0.2) is 0 Å². The fraction of sp³-hybridized carbons (Fsp3) is 0.316. The van der Waals surface area contributed by atoms with Crippen LogP contribution in [0.25, 0.3) is 0 Å². The Kier molecular flexibility index (Phi) is 6.12. The second-order valence-electron chi connectivity index (χ2n) is 6.20. The Morgan fingerprint density at radius 2 is 1.74 bits per heavy atom. The minimum Gasteiger partial charge on any atom is -0.376 e. The van der Waals surface area contributed by atoms with E-state index < -0.39 is 17.3 Å². The van der Waals surface area contributed by atoms with Crippen LogP contribution in [-0.2, 0) is 22.3 Å². The number of carbonyl (C=O) groups excluding carboxylic acids is 1. The van der Waals surface area contributed by atoms with E-state index in [0.29, 0.717) is 5.69 Å². The summed E-state index contributed by atoms with van der Waals surface area (Å²) >= 11 is 0. The number of hydrogen-bond acceptors (Lipinski definition) is 4. The predicted octanol–water partition coefficient (Wildman–Crippen LogP) is 3.43. The molecule has 1 aliphatic rings. The molecule has 2 aromatic carbocycles. The maximum atomic E-state index is 13.0. The molecule has 2 aromatic rings. The average Bonchev–Trinajstić information content (AvgIpc) is 2.58. The molecule has 1 saturated heterocycles. The Bertz CT molecular complexity index is 788. The highest BCUT2D eigenvalue weighted by molar-refractivity contribution is 5.87. The Morgan fingerprint density at radius 3 is 2.30 bits per heavy atom. The third-order valence-corrected chi connectivity index (χ3v) is 4.09. The molecule has 146 valence electrons. The van der Waals surface area contributed by atoms with Gasteiger partial charge >= 0.3 is 6.18 Å². The molecule has 0 radical (unpaired) electrons. The number of hydrogen-bond donors (Lipinski definition) is 3. The molecule has 0 saturated carbocycles. The second kappa shape index (κ2) is 7.98. The second-order valence-corrected chi connectivity index (χ2v) is 6.20. The van der Waals surface area contributed by atoms with Crippen molar-refractivity contribution in [3.05, 3.63) is 59.7 Å². The highest BCUT2D eigenvalue weighted by Gasteiger charge is 2.41. The summed E-state index contributed by atoms with van der Waals surface area (Å²) in [5.74, 6) is -0.287. The van der Waals surface area contributed by atoms with Gasteiger partial charge in [0.05, 0.1) is 24.5 Å². The molecule has 0 aromatic heterocycles. The molecule has 0 bridgehead atoms. The van der Waals surface area contributed by atoms with Gasteiger partial charge in [-0.1, -0.05) is 31.7 Å². The van der Waals surface area contributed by atoms with Gasteiger partial charge in [0, 0.05) is 12.2 Å². The molecule has 1 aliphatic heterocycles. The molecule has 3 rings (SSSR count). The van der Waals surface area contributed by atoms with Crippen LogP contribution in [0, 0.1) is 0 Å². The van der Waals surface area contributed by atoms with E-state index in [0.717, 1.165) is 11.6 Å². The summed E-state index contributed by atoms with van der Waals surface area (Å²) in [5, 5.41) is 5.50. The molecule has 4 N–H and O–H groups in total. The number of para-hydroxylation sites is 1. The van der Waals surface area contributed by atoms with Gasteiger partial charge in [0.25, 0.3) is 0 Å². The van der Waals surface area contributed by atoms with E-state index >= 15 is 0 Å². The van der Waals surface area contributed by atoms with Gasteiger partial charge < -0.3 is 21.1 Å². The van der Waals surface area contributed by atoms with E-state index in [2.05, 4.69) is 10.6 Å². The third kappa shape index (κ3) is 4.78. The first-order chi connectivity index (χ1) is 12.3. The molecule has 0 spiro atoms. The lowest BCUT2D eigenvalue weighted by Gasteiger charge is -2.35. The van der Waals surface area contributed by atoms with Crippen molar-refractivity contribution in [2.24, 2.45) is 5.73 Å². The summed E-state index contributed by atoms with van der Waals surface area (Å²) in [6, 6.07) is 12.0. The number of carbonyl (C=O) groups is 1. The van der Waals surface area contributed by atoms with Crippen molar-refractivity contribution in [3.63, 3.8) is 0 Å². The smallest absolute Gasteiger partial charge is 0.376 e. The summed E-state index contributed by atoms with van der Waals surface area (Å²) in [7, 11) is 0. The van der Waals surface area contributed by atoms with Crippen molar-refractivity contribution < 1.29 is 22.7 Å². The SMILES string of the molecule is C.NC1(C(=O)NCc2ccc(Nc3ccccc3C(F)(F)F)cc2)COC1. The lowest BCUT2D eigenvalue weighted by atomic mass is 9.98. The first kappa shape index (κ1) is 20.7. The van der Waals surface area contributed by atoms with Crippen molar-refractivity contribution in [1.29, 1.82) is 0 Å². The molecular formula is C19H22F3N3O2. The van der Waals surface area contributed by atoms with Crippen LogP contribution in [0.1, 0.15) is 18.6 Å². The zero-order chi connectivity index (χ0) is 18.8. The van der Waals surface area contributed by atoms with Crippen molar-refractivity contribution in [1.82, 2.24) is 5.32 Å². The molecule has 5 nitrogen and oxygen atoms in total. The van der Waals surface area contributed by atoms with Gasteiger partial charge in [0.1, 0.15) is 5.54 Å². The van der Waals surface area contributed by atoms with Crippen LogP contribution in [0.2, 0.25) is 0 Å². The zero-order valence-corrected chi connectivity index (χ0v) is 13.8. The van der Waals surface area contributed by atoms with Gasteiger partial charge in [0.15, 0.2) is 0 Å². The number of halogens is 3. The van der Waals surface area contributed by atoms with E-state index in [1.807, 2.05) is 0 Å². The lowest BCUT2D eigenvalue weighted by molar-refractivity contribution is -0.143. The number of nitrogens with one attached hydrogen (secondary N) is 2. The Labute approximate surface area is 155 Å². The van der Waals surface area contributed by atoms with Crippen molar-refractivity contribution in [2.45, 2.75) is 25.7 Å². The standard InChI is InChI=1S/C18H18F3N3O2.CH4/c19-18(20,21)14-3-1-2-4-15(14)24-13-7-5-12(6-8-13)9-23-16(25)17(22)10-26-11-17;/h1-8,24H,9-11,22H2,(H,23,25);1H4. The van der Waals surface area contributed by atoms with Gasteiger partial charge in [-0.05, 0) is 29.8 Å². The number of alkyl halides is 3. The summed E-state index contributed by atoms with van der Waals surface area (Å²) < 4.78 is 44.0. The molecule has 0 aliphatic carbocycles. The maximum absolute atomic E-state index is 13.0. The van der Waals surface area contributed by atoms with Crippen LogP contribution in [0.3, 0.4) is 0 Å². The Morgan fingerprint density at radius 1 is 1.11 bits per heavy atom. The minimum atomic E-state index is -4.43. The topological polar surface area (TPSA) is 76.4 Å². The molecule has 1 heterocycles. The fourth-order valence-electron chi connectivity index (χ4n) is 2.51. The van der Waals surface area contributed by atoms with Crippen LogP contribution in [-0.4, -0.2) is 24.7 Å². The van der Waals surface area contributed by atoms with E-state index in [-0.39, 0.29) is 38.8 Å². The van der Waals surface area contributed by atoms with E-state index in [1.165, 1.54) is 18.2 Å². The lowest BCUT2D eigenvalue weighted by Crippen LogP contribution is -2.66. The van der Waals surface area contributed by atoms with E-state index in [1.54, 1.807) is 24.3 Å². The summed E-state index contributed by atoms with van der Waals surface area (Å²) in [6.45, 7) is 0.664. The number of rotatable bonds is 5. The molecule has 8 heteroatoms. The molecule has 27 heavy (non-hydrogen) atoms. The van der Waals surface area contributed by atoms with Gasteiger partial charge in [-0.2, -0.15) is 13.2 Å². The fourth-order valence-corrected chi connectivity index (χ4v) is 2.51. The largest absolute Gasteiger partial charge is 0.418 e. The number of nitrogens with two attached hydrogens (primary N) is 1. The molecular weight excluding hydrogens is 359 g/mol. The molecule has 1 fully saturated rings. The molecule has 1 amide bonds. The van der Waals surface area contributed by atoms with Crippen LogP contribution in [0.5, 0.6) is 0 Å². The van der Waals surface area contributed by atoms with Crippen LogP contribution < -0.4 is 16.4 Å². The summed E-state index contributed by atoms with van der Waals surface area (Å²) in [4.78, 5) is 11.9. The maximum Gasteiger partial charge on any atom is 0.418 e. The zero-order valence-electron chi connectivity index (χ0n) is 13.8. The number of ether oxygens (including phenoxy) is 1. The third-order valence-electron chi connectivity index (χ3n) is 4.09. The number of amides is 1. The minimum absolute atomic E-state index is 0. The van der Waals surface area contributed by atoms with E-state index in [4.69, 9.17) is 10.5 Å². The highest BCUT2D eigenvalue weighted by atomic mass is 19.4. The highest BCUT2D eigenvalue weighted by Crippen LogP contribution is 2.35. The van der Waals surface area contributed by atoms with Gasteiger partial charge in [0.2, 0.25) is 5.91 Å². The number of benzene rings is 2. The number of anilines is 2. The monoisotopic (exact) mass is 381 g/mol. The summed E-state index contributed by atoms with van der Waals surface area (Å²) in [5.41, 5.74) is 5.43. The Balaban J connectivity index is 0.00000261. The van der Waals surface area contributed by atoms with Crippen LogP contribution >= 0.6 is 0 Å². The summed E-state index contributed by atoms with van der Waals surface area (Å²) in [6.07, 6.45) is -4.43. The van der Waals surface area contributed by atoms with Gasteiger partial charge in [-0.15, -0.1) is 0 Å². The molecule has 0 unspecified atom stereocenters. The van der Waals surface area contributed by atoms with Crippen molar-refractivity contribution >= 4 is 17.3 Å². The first-order valence-corrected chi connectivity index (χ1v) is 7.95. The Hall–Kier alpha value is -2.58. The van der Waals surface area contributed by atoms with Crippen LogP contribution in [0.4, 0.5) is 24.5 Å². The van der Waals surface area contributed by atoms with Crippen molar-refractivity contribution in [2.75, 3.05) is 18.5 Å². The quantitative estimate of drug-likeness (QED) is 0.742. The first-order valence-electron chi connectivity index (χ1n) is 7.95. The van der Waals surface area contributed by atoms with Crippen molar-refractivity contribution in [3.8, 4) is 0 Å². The average molecular weight is 381 g/mol. The normalized spacial score (nSPS) is 15.3. The molecule has 0 atom stereocenters. The van der Waals surface area contributed by atoms with Gasteiger partial charge in [-0.3, -0.25) is 4.79 Å². The predicted molar refractivity (Wildman–Crippen MR) is 97.5 cm³/mol.